The van der Waals surface area contributed by atoms with Gasteiger partial charge in [-0.05, 0) is 30.5 Å². The number of aliphatic carboxylic acids is 1. The van der Waals surface area contributed by atoms with Crippen LogP contribution in [0, 0.1) is 12.8 Å². The van der Waals surface area contributed by atoms with E-state index >= 15 is 0 Å². The Morgan fingerprint density at radius 3 is 2.74 bits per heavy atom. The zero-order valence-electron chi connectivity index (χ0n) is 13.4. The van der Waals surface area contributed by atoms with Gasteiger partial charge in [0.2, 0.25) is 0 Å². The Labute approximate surface area is 134 Å². The van der Waals surface area contributed by atoms with E-state index in [2.05, 4.69) is 15.6 Å². The molecule has 0 bridgehead atoms. The van der Waals surface area contributed by atoms with Gasteiger partial charge in [0.1, 0.15) is 6.04 Å². The van der Waals surface area contributed by atoms with Gasteiger partial charge in [0.15, 0.2) is 5.69 Å². The molecule has 0 saturated carbocycles. The van der Waals surface area contributed by atoms with Crippen molar-refractivity contribution in [3.8, 4) is 5.69 Å². The van der Waals surface area contributed by atoms with Crippen LogP contribution in [-0.4, -0.2) is 38.0 Å². The maximum Gasteiger partial charge on any atom is 0.326 e. The number of carboxylic acids is 1. The summed E-state index contributed by atoms with van der Waals surface area (Å²) < 4.78 is 1.49. The molecular formula is C16H20N4O3. The summed E-state index contributed by atoms with van der Waals surface area (Å²) in [5, 5.41) is 19.5. The molecule has 2 aromatic rings. The number of carboxylic acid groups (broad SMARTS) is 1. The molecule has 1 heterocycles. The number of aromatic nitrogens is 3. The van der Waals surface area contributed by atoms with E-state index in [0.717, 1.165) is 11.3 Å². The first-order chi connectivity index (χ1) is 10.9. The molecule has 1 aromatic heterocycles. The molecule has 2 atom stereocenters. The summed E-state index contributed by atoms with van der Waals surface area (Å²) in [5.74, 6) is -1.78. The minimum atomic E-state index is -1.06. The van der Waals surface area contributed by atoms with E-state index in [1.165, 1.54) is 10.9 Å². The van der Waals surface area contributed by atoms with E-state index in [4.69, 9.17) is 0 Å². The lowest BCUT2D eigenvalue weighted by molar-refractivity contribution is -0.140. The first-order valence-corrected chi connectivity index (χ1v) is 7.45. The molecule has 2 N–H and O–H groups in total. The van der Waals surface area contributed by atoms with Crippen molar-refractivity contribution in [3.63, 3.8) is 0 Å². The number of hydrogen-bond acceptors (Lipinski definition) is 4. The summed E-state index contributed by atoms with van der Waals surface area (Å²) in [6.45, 7) is 5.61. The fraction of sp³-hybridized carbons (Fsp3) is 0.375. The fourth-order valence-electron chi connectivity index (χ4n) is 2.16. The monoisotopic (exact) mass is 316 g/mol. The zero-order chi connectivity index (χ0) is 17.0. The van der Waals surface area contributed by atoms with Crippen molar-refractivity contribution in [1.82, 2.24) is 20.3 Å². The fourth-order valence-corrected chi connectivity index (χ4v) is 2.16. The molecule has 2 rings (SSSR count). The first-order valence-electron chi connectivity index (χ1n) is 7.45. The maximum atomic E-state index is 12.2. The lowest BCUT2D eigenvalue weighted by atomic mass is 9.99. The largest absolute Gasteiger partial charge is 0.480 e. The van der Waals surface area contributed by atoms with Crippen LogP contribution in [0.4, 0.5) is 0 Å². The van der Waals surface area contributed by atoms with Gasteiger partial charge >= 0.3 is 5.97 Å². The SMILES string of the molecule is CC[C@H](C)[C@H](NC(=O)c1cn(-c2cccc(C)c2)nn1)C(=O)O. The van der Waals surface area contributed by atoms with Crippen molar-refractivity contribution >= 4 is 11.9 Å². The minimum Gasteiger partial charge on any atom is -0.480 e. The van der Waals surface area contributed by atoms with Crippen LogP contribution in [0.2, 0.25) is 0 Å². The number of rotatable bonds is 6. The highest BCUT2D eigenvalue weighted by atomic mass is 16.4. The average Bonchev–Trinajstić information content (AvgIpc) is 3.01. The molecule has 7 nitrogen and oxygen atoms in total. The van der Waals surface area contributed by atoms with Crippen molar-refractivity contribution in [2.24, 2.45) is 5.92 Å². The van der Waals surface area contributed by atoms with Gasteiger partial charge in [-0.25, -0.2) is 9.48 Å². The highest BCUT2D eigenvalue weighted by Crippen LogP contribution is 2.11. The molecule has 1 amide bonds. The number of nitrogens with one attached hydrogen (secondary N) is 1. The van der Waals surface area contributed by atoms with Gasteiger partial charge < -0.3 is 10.4 Å². The van der Waals surface area contributed by atoms with Gasteiger partial charge in [-0.15, -0.1) is 5.10 Å². The number of nitrogens with zero attached hydrogens (tertiary/aromatic N) is 3. The number of carbonyl (C=O) groups excluding carboxylic acids is 1. The highest BCUT2D eigenvalue weighted by Gasteiger charge is 2.26. The smallest absolute Gasteiger partial charge is 0.326 e. The Kier molecular flexibility index (Phi) is 5.10. The van der Waals surface area contributed by atoms with Crippen LogP contribution in [0.5, 0.6) is 0 Å². The van der Waals surface area contributed by atoms with Gasteiger partial charge in [0.05, 0.1) is 11.9 Å². The maximum absolute atomic E-state index is 12.2. The van der Waals surface area contributed by atoms with Crippen LogP contribution in [0.25, 0.3) is 5.69 Å². The van der Waals surface area contributed by atoms with Crippen LogP contribution in [0.1, 0.15) is 36.3 Å². The summed E-state index contributed by atoms with van der Waals surface area (Å²) >= 11 is 0. The van der Waals surface area contributed by atoms with Crippen LogP contribution < -0.4 is 5.32 Å². The molecule has 122 valence electrons. The second-order valence-electron chi connectivity index (χ2n) is 5.56. The molecule has 0 unspecified atom stereocenters. The molecule has 1 aromatic carbocycles. The quantitative estimate of drug-likeness (QED) is 0.847. The third-order valence-electron chi connectivity index (χ3n) is 3.76. The second-order valence-corrected chi connectivity index (χ2v) is 5.56. The summed E-state index contributed by atoms with van der Waals surface area (Å²) in [4.78, 5) is 23.5. The van der Waals surface area contributed by atoms with Crippen molar-refractivity contribution < 1.29 is 14.7 Å². The average molecular weight is 316 g/mol. The summed E-state index contributed by atoms with van der Waals surface area (Å²) in [5.41, 5.74) is 1.93. The van der Waals surface area contributed by atoms with Gasteiger partial charge in [0, 0.05) is 0 Å². The minimum absolute atomic E-state index is 0.0843. The predicted molar refractivity (Wildman–Crippen MR) is 84.4 cm³/mol. The Morgan fingerprint density at radius 2 is 2.13 bits per heavy atom. The molecule has 0 saturated heterocycles. The molecule has 23 heavy (non-hydrogen) atoms. The van der Waals surface area contributed by atoms with Crippen molar-refractivity contribution in [3.05, 3.63) is 41.7 Å². The third-order valence-corrected chi connectivity index (χ3v) is 3.76. The number of benzene rings is 1. The lowest BCUT2D eigenvalue weighted by Gasteiger charge is -2.19. The van der Waals surface area contributed by atoms with E-state index in [0.29, 0.717) is 6.42 Å². The van der Waals surface area contributed by atoms with Gasteiger partial charge in [-0.2, -0.15) is 0 Å². The summed E-state index contributed by atoms with van der Waals surface area (Å²) in [7, 11) is 0. The van der Waals surface area contributed by atoms with Gasteiger partial charge in [-0.3, -0.25) is 4.79 Å². The zero-order valence-corrected chi connectivity index (χ0v) is 13.4. The van der Waals surface area contributed by atoms with E-state index in [1.807, 2.05) is 38.1 Å². The Balaban J connectivity index is 2.16. The highest BCUT2D eigenvalue weighted by molar-refractivity contribution is 5.94. The number of amides is 1. The van der Waals surface area contributed by atoms with Crippen molar-refractivity contribution in [1.29, 1.82) is 0 Å². The van der Waals surface area contributed by atoms with E-state index in [9.17, 15) is 14.7 Å². The van der Waals surface area contributed by atoms with Gasteiger partial charge in [0.25, 0.3) is 5.91 Å². The molecule has 0 aliphatic carbocycles. The predicted octanol–water partition coefficient (Wildman–Crippen LogP) is 1.80. The number of hydrogen-bond donors (Lipinski definition) is 2. The number of carbonyl (C=O) groups is 2. The second kappa shape index (κ2) is 7.04. The van der Waals surface area contributed by atoms with E-state index in [-0.39, 0.29) is 11.6 Å². The van der Waals surface area contributed by atoms with Crippen LogP contribution in [-0.2, 0) is 4.79 Å². The molecule has 0 aliphatic rings. The summed E-state index contributed by atoms with van der Waals surface area (Å²) in [6.07, 6.45) is 2.13. The van der Waals surface area contributed by atoms with Crippen LogP contribution >= 0.6 is 0 Å². The molecule has 0 aliphatic heterocycles. The molecule has 0 radical (unpaired) electrons. The Bertz CT molecular complexity index is 711. The summed E-state index contributed by atoms with van der Waals surface area (Å²) in [6, 6.07) is 6.65. The molecule has 7 heteroatoms. The molecular weight excluding hydrogens is 296 g/mol. The van der Waals surface area contributed by atoms with Crippen molar-refractivity contribution in [2.45, 2.75) is 33.2 Å². The topological polar surface area (TPSA) is 97.1 Å². The van der Waals surface area contributed by atoms with E-state index < -0.39 is 17.9 Å². The number of aryl methyl sites for hydroxylation is 1. The van der Waals surface area contributed by atoms with Crippen molar-refractivity contribution in [2.75, 3.05) is 0 Å². The van der Waals surface area contributed by atoms with Gasteiger partial charge in [-0.1, -0.05) is 37.6 Å². The normalized spacial score (nSPS) is 13.3. The van der Waals surface area contributed by atoms with E-state index in [1.54, 1.807) is 6.92 Å². The lowest BCUT2D eigenvalue weighted by Crippen LogP contribution is -2.45. The third kappa shape index (κ3) is 3.94. The van der Waals surface area contributed by atoms with Crippen LogP contribution in [0.15, 0.2) is 30.5 Å². The first kappa shape index (κ1) is 16.7. The molecule has 0 fully saturated rings. The molecule has 0 spiro atoms. The van der Waals surface area contributed by atoms with Crippen LogP contribution in [0.3, 0.4) is 0 Å². The Hall–Kier alpha value is -2.70. The standard InChI is InChI=1S/C16H20N4O3/c1-4-11(3)14(16(22)23)17-15(21)13-9-20(19-18-13)12-7-5-6-10(2)8-12/h5-9,11,14H,4H2,1-3H3,(H,17,21)(H,22,23)/t11-,14-/m0/s1. The Morgan fingerprint density at radius 1 is 1.39 bits per heavy atom.